The molecule has 2 amide bonds. The lowest BCUT2D eigenvalue weighted by molar-refractivity contribution is -0.138. The molecule has 2 aromatic carbocycles. The van der Waals surface area contributed by atoms with Gasteiger partial charge in [0.05, 0.1) is 5.75 Å². The van der Waals surface area contributed by atoms with Gasteiger partial charge in [0.1, 0.15) is 6.04 Å². The highest BCUT2D eigenvalue weighted by molar-refractivity contribution is 7.99. The monoisotopic (exact) mass is 446 g/mol. The summed E-state index contributed by atoms with van der Waals surface area (Å²) in [5.41, 5.74) is 3.35. The van der Waals surface area contributed by atoms with Crippen molar-refractivity contribution in [2.45, 2.75) is 52.0 Å². The molecule has 6 heteroatoms. The Morgan fingerprint density at radius 3 is 2.63 bits per heavy atom. The Bertz CT molecular complexity index is 843. The van der Waals surface area contributed by atoms with Crippen LogP contribution in [0, 0.1) is 6.92 Å². The number of amides is 2. The van der Waals surface area contributed by atoms with Crippen LogP contribution in [0.5, 0.6) is 0 Å². The van der Waals surface area contributed by atoms with Gasteiger partial charge in [-0.3, -0.25) is 9.59 Å². The van der Waals surface area contributed by atoms with E-state index in [1.165, 1.54) is 11.1 Å². The van der Waals surface area contributed by atoms with Gasteiger partial charge < -0.3 is 10.2 Å². The van der Waals surface area contributed by atoms with Crippen molar-refractivity contribution in [3.8, 4) is 0 Å². The number of rotatable bonds is 11. The van der Waals surface area contributed by atoms with Gasteiger partial charge in [0.15, 0.2) is 0 Å². The number of halogens is 1. The molecule has 0 saturated carbocycles. The van der Waals surface area contributed by atoms with E-state index >= 15 is 0 Å². The van der Waals surface area contributed by atoms with Crippen molar-refractivity contribution in [1.82, 2.24) is 10.2 Å². The van der Waals surface area contributed by atoms with Crippen LogP contribution < -0.4 is 5.32 Å². The maximum atomic E-state index is 13.1. The summed E-state index contributed by atoms with van der Waals surface area (Å²) in [6, 6.07) is 15.1. The quantitative estimate of drug-likeness (QED) is 0.481. The Balaban J connectivity index is 2.05. The molecule has 0 heterocycles. The highest BCUT2D eigenvalue weighted by Crippen LogP contribution is 2.19. The Morgan fingerprint density at radius 2 is 1.93 bits per heavy atom. The fourth-order valence-corrected chi connectivity index (χ4v) is 4.25. The summed E-state index contributed by atoms with van der Waals surface area (Å²) in [7, 11) is 0. The van der Waals surface area contributed by atoms with Gasteiger partial charge in [-0.2, -0.15) is 0 Å². The molecule has 0 aliphatic carbocycles. The molecule has 162 valence electrons. The molecule has 0 saturated heterocycles. The van der Waals surface area contributed by atoms with Gasteiger partial charge in [0.25, 0.3) is 0 Å². The van der Waals surface area contributed by atoms with Gasteiger partial charge in [-0.15, -0.1) is 11.8 Å². The number of hydrogen-bond donors (Lipinski definition) is 1. The second-order valence-electron chi connectivity index (χ2n) is 7.39. The highest BCUT2D eigenvalue weighted by atomic mass is 35.5. The molecule has 1 N–H and O–H groups in total. The van der Waals surface area contributed by atoms with Crippen LogP contribution in [0.3, 0.4) is 0 Å². The third-order valence-electron chi connectivity index (χ3n) is 4.98. The van der Waals surface area contributed by atoms with E-state index in [0.29, 0.717) is 23.9 Å². The first-order chi connectivity index (χ1) is 14.4. The van der Waals surface area contributed by atoms with Crippen LogP contribution in [0.15, 0.2) is 48.5 Å². The van der Waals surface area contributed by atoms with Gasteiger partial charge in [-0.25, -0.2) is 0 Å². The number of nitrogens with zero attached hydrogens (tertiary/aromatic N) is 1. The van der Waals surface area contributed by atoms with Crippen LogP contribution in [-0.4, -0.2) is 35.1 Å². The van der Waals surface area contributed by atoms with E-state index in [0.717, 1.165) is 24.2 Å². The van der Waals surface area contributed by atoms with E-state index in [1.54, 1.807) is 29.7 Å². The molecule has 30 heavy (non-hydrogen) atoms. The number of aryl methyl sites for hydroxylation is 1. The number of thioether (sulfide) groups is 1. The number of benzene rings is 2. The standard InChI is InChI=1S/C24H31ClN2O2S/c1-4-5-13-26-24(29)19(3)27(15-20-10-8-12-22(25)14-20)23(28)17-30-16-21-11-7-6-9-18(21)2/h6-12,14,19H,4-5,13,15-17H2,1-3H3,(H,26,29). The molecule has 0 fully saturated rings. The Hall–Kier alpha value is -1.98. The van der Waals surface area contributed by atoms with Gasteiger partial charge in [-0.1, -0.05) is 61.3 Å². The average Bonchev–Trinajstić information content (AvgIpc) is 2.73. The number of nitrogens with one attached hydrogen (secondary N) is 1. The highest BCUT2D eigenvalue weighted by Gasteiger charge is 2.25. The van der Waals surface area contributed by atoms with Crippen molar-refractivity contribution in [1.29, 1.82) is 0 Å². The molecule has 1 unspecified atom stereocenters. The van der Waals surface area contributed by atoms with Crippen LogP contribution in [-0.2, 0) is 21.9 Å². The molecule has 0 aliphatic rings. The van der Waals surface area contributed by atoms with Crippen LogP contribution in [0.25, 0.3) is 0 Å². The first-order valence-electron chi connectivity index (χ1n) is 10.4. The molecule has 0 bridgehead atoms. The SMILES string of the molecule is CCCCNC(=O)C(C)N(Cc1cccc(Cl)c1)C(=O)CSCc1ccccc1C. The number of hydrogen-bond acceptors (Lipinski definition) is 3. The zero-order valence-corrected chi connectivity index (χ0v) is 19.6. The Kier molecular flexibility index (Phi) is 10.2. The summed E-state index contributed by atoms with van der Waals surface area (Å²) in [6.07, 6.45) is 1.93. The van der Waals surface area contributed by atoms with E-state index in [-0.39, 0.29) is 11.8 Å². The lowest BCUT2D eigenvalue weighted by atomic mass is 10.1. The predicted molar refractivity (Wildman–Crippen MR) is 127 cm³/mol. The van der Waals surface area contributed by atoms with Crippen LogP contribution in [0.2, 0.25) is 5.02 Å². The average molecular weight is 447 g/mol. The maximum Gasteiger partial charge on any atom is 0.242 e. The van der Waals surface area contributed by atoms with Gasteiger partial charge in [-0.05, 0) is 49.1 Å². The van der Waals surface area contributed by atoms with Crippen molar-refractivity contribution in [2.75, 3.05) is 12.3 Å². The van der Waals surface area contributed by atoms with Crippen LogP contribution in [0.1, 0.15) is 43.4 Å². The molecule has 4 nitrogen and oxygen atoms in total. The minimum absolute atomic E-state index is 0.0494. The fraction of sp³-hybridized carbons (Fsp3) is 0.417. The number of carbonyl (C=O) groups is 2. The van der Waals surface area contributed by atoms with Crippen molar-refractivity contribution in [3.63, 3.8) is 0 Å². The largest absolute Gasteiger partial charge is 0.354 e. The molecule has 2 aromatic rings. The third kappa shape index (κ3) is 7.69. The van der Waals surface area contributed by atoms with Crippen LogP contribution in [0.4, 0.5) is 0 Å². The number of unbranched alkanes of at least 4 members (excludes halogenated alkanes) is 1. The predicted octanol–water partition coefficient (Wildman–Crippen LogP) is 5.22. The Morgan fingerprint density at radius 1 is 1.17 bits per heavy atom. The fourth-order valence-electron chi connectivity index (χ4n) is 3.05. The molecule has 0 aromatic heterocycles. The van der Waals surface area contributed by atoms with E-state index in [2.05, 4.69) is 31.3 Å². The summed E-state index contributed by atoms with van der Waals surface area (Å²) >= 11 is 7.69. The lowest BCUT2D eigenvalue weighted by Crippen LogP contribution is -2.48. The van der Waals surface area contributed by atoms with Crippen LogP contribution >= 0.6 is 23.4 Å². The molecular formula is C24H31ClN2O2S. The van der Waals surface area contributed by atoms with Gasteiger partial charge >= 0.3 is 0 Å². The second kappa shape index (κ2) is 12.7. The molecule has 0 spiro atoms. The normalized spacial score (nSPS) is 11.7. The lowest BCUT2D eigenvalue weighted by Gasteiger charge is -2.29. The molecule has 2 rings (SSSR count). The Labute approximate surface area is 189 Å². The number of carbonyl (C=O) groups excluding carboxylic acids is 2. The summed E-state index contributed by atoms with van der Waals surface area (Å²) < 4.78 is 0. The third-order valence-corrected chi connectivity index (χ3v) is 6.18. The van der Waals surface area contributed by atoms with E-state index in [4.69, 9.17) is 11.6 Å². The maximum absolute atomic E-state index is 13.1. The van der Waals surface area contributed by atoms with Crippen molar-refractivity contribution in [3.05, 3.63) is 70.2 Å². The van der Waals surface area contributed by atoms with Crippen molar-refractivity contribution in [2.24, 2.45) is 0 Å². The molecular weight excluding hydrogens is 416 g/mol. The van der Waals surface area contributed by atoms with Gasteiger partial charge in [0.2, 0.25) is 11.8 Å². The van der Waals surface area contributed by atoms with E-state index < -0.39 is 6.04 Å². The molecule has 1 atom stereocenters. The topological polar surface area (TPSA) is 49.4 Å². The summed E-state index contributed by atoms with van der Waals surface area (Å²) in [4.78, 5) is 27.3. The molecule has 0 radical (unpaired) electrons. The van der Waals surface area contributed by atoms with Crippen molar-refractivity contribution >= 4 is 35.2 Å². The van der Waals surface area contributed by atoms with E-state index in [1.807, 2.05) is 30.3 Å². The summed E-state index contributed by atoms with van der Waals surface area (Å²) in [6.45, 7) is 6.92. The zero-order chi connectivity index (χ0) is 21.9. The first-order valence-corrected chi connectivity index (χ1v) is 11.9. The van der Waals surface area contributed by atoms with Crippen molar-refractivity contribution < 1.29 is 9.59 Å². The summed E-state index contributed by atoms with van der Waals surface area (Å²) in [5.74, 6) is 0.913. The minimum Gasteiger partial charge on any atom is -0.354 e. The van der Waals surface area contributed by atoms with E-state index in [9.17, 15) is 9.59 Å². The second-order valence-corrected chi connectivity index (χ2v) is 8.81. The summed E-state index contributed by atoms with van der Waals surface area (Å²) in [5, 5.41) is 3.56. The van der Waals surface area contributed by atoms with Gasteiger partial charge in [0, 0.05) is 23.9 Å². The molecule has 0 aliphatic heterocycles. The minimum atomic E-state index is -0.549. The zero-order valence-electron chi connectivity index (χ0n) is 18.0. The smallest absolute Gasteiger partial charge is 0.242 e. The first kappa shape index (κ1) is 24.3.